The Hall–Kier alpha value is -1.67. The number of benzene rings is 1. The molecule has 0 spiro atoms. The van der Waals surface area contributed by atoms with Gasteiger partial charge in [0.15, 0.2) is 0 Å². The van der Waals surface area contributed by atoms with Gasteiger partial charge in [-0.15, -0.1) is 0 Å². The number of hydrogen-bond donors (Lipinski definition) is 1. The zero-order chi connectivity index (χ0) is 19.4. The fourth-order valence-corrected chi connectivity index (χ4v) is 4.70. The molecule has 1 aliphatic heterocycles. The van der Waals surface area contributed by atoms with Crippen LogP contribution in [0, 0.1) is 6.92 Å². The number of nitrogens with zero attached hydrogens (tertiary/aromatic N) is 3. The molecule has 0 radical (unpaired) electrons. The molecule has 0 amide bonds. The largest absolute Gasteiger partial charge is 0.354 e. The van der Waals surface area contributed by atoms with Crippen LogP contribution in [0.25, 0.3) is 0 Å². The average molecular weight is 409 g/mol. The average Bonchev–Trinajstić information content (AvgIpc) is 2.64. The van der Waals surface area contributed by atoms with Crippen LogP contribution in [0.4, 0.5) is 5.82 Å². The van der Waals surface area contributed by atoms with Crippen molar-refractivity contribution in [1.82, 2.24) is 14.6 Å². The number of piperazine rings is 1. The molecule has 3 rings (SSSR count). The third kappa shape index (κ3) is 5.19. The lowest BCUT2D eigenvalue weighted by atomic mass is 10.2. The molecule has 1 N–H and O–H groups in total. The molecule has 1 aliphatic rings. The summed E-state index contributed by atoms with van der Waals surface area (Å²) in [4.78, 5) is 9.11. The summed E-state index contributed by atoms with van der Waals surface area (Å²) >= 11 is 6.07. The maximum atomic E-state index is 12.6. The van der Waals surface area contributed by atoms with Crippen LogP contribution in [0.3, 0.4) is 0 Å². The highest BCUT2D eigenvalue weighted by atomic mass is 35.5. The number of nitrogens with one attached hydrogen (secondary N) is 1. The summed E-state index contributed by atoms with van der Waals surface area (Å²) in [5.74, 6) is 0.988. The number of halogens is 1. The Bertz CT molecular complexity index is 869. The van der Waals surface area contributed by atoms with Gasteiger partial charge in [-0.1, -0.05) is 23.7 Å². The predicted octanol–water partition coefficient (Wildman–Crippen LogP) is 2.53. The third-order valence-corrected chi connectivity index (χ3v) is 6.68. The lowest BCUT2D eigenvalue weighted by Crippen LogP contribution is -2.51. The highest BCUT2D eigenvalue weighted by Gasteiger charge is 2.23. The normalized spacial score (nSPS) is 17.1. The minimum Gasteiger partial charge on any atom is -0.354 e. The molecule has 8 heteroatoms. The van der Waals surface area contributed by atoms with Crippen molar-refractivity contribution >= 4 is 27.4 Å². The van der Waals surface area contributed by atoms with Crippen LogP contribution in [0.15, 0.2) is 47.5 Å². The molecule has 146 valence electrons. The van der Waals surface area contributed by atoms with Crippen LogP contribution >= 0.6 is 11.6 Å². The first-order valence-electron chi connectivity index (χ1n) is 9.02. The zero-order valence-corrected chi connectivity index (χ0v) is 17.2. The molecule has 0 bridgehead atoms. The molecule has 1 unspecified atom stereocenters. The van der Waals surface area contributed by atoms with E-state index in [0.29, 0.717) is 11.6 Å². The van der Waals surface area contributed by atoms with E-state index in [1.54, 1.807) is 18.3 Å². The van der Waals surface area contributed by atoms with Crippen molar-refractivity contribution in [2.45, 2.75) is 24.8 Å². The van der Waals surface area contributed by atoms with Crippen molar-refractivity contribution in [2.24, 2.45) is 0 Å². The quantitative estimate of drug-likeness (QED) is 0.795. The molecule has 2 heterocycles. The monoisotopic (exact) mass is 408 g/mol. The first-order chi connectivity index (χ1) is 12.8. The highest BCUT2D eigenvalue weighted by Crippen LogP contribution is 2.20. The molecule has 1 aromatic carbocycles. The number of rotatable bonds is 6. The predicted molar refractivity (Wildman–Crippen MR) is 109 cm³/mol. The van der Waals surface area contributed by atoms with E-state index in [0.717, 1.165) is 37.6 Å². The Morgan fingerprint density at radius 2 is 1.93 bits per heavy atom. The fraction of sp³-hybridized carbons (Fsp3) is 0.421. The molecule has 1 fully saturated rings. The first kappa shape index (κ1) is 20.1. The van der Waals surface area contributed by atoms with E-state index < -0.39 is 10.0 Å². The molecular formula is C19H25ClN4O2S. The van der Waals surface area contributed by atoms with Gasteiger partial charge >= 0.3 is 0 Å². The second kappa shape index (κ2) is 8.56. The van der Waals surface area contributed by atoms with Crippen molar-refractivity contribution < 1.29 is 8.42 Å². The molecular weight excluding hydrogens is 384 g/mol. The molecule has 0 aliphatic carbocycles. The molecule has 0 saturated carbocycles. The van der Waals surface area contributed by atoms with Crippen LogP contribution in [0.2, 0.25) is 5.02 Å². The van der Waals surface area contributed by atoms with Gasteiger partial charge < -0.3 is 4.90 Å². The van der Waals surface area contributed by atoms with Crippen molar-refractivity contribution in [3.63, 3.8) is 0 Å². The van der Waals surface area contributed by atoms with Crippen LogP contribution in [-0.2, 0) is 10.0 Å². The maximum Gasteiger partial charge on any atom is 0.240 e. The summed E-state index contributed by atoms with van der Waals surface area (Å²) in [5, 5.41) is 0.455. The first-order valence-corrected chi connectivity index (χ1v) is 10.9. The van der Waals surface area contributed by atoms with E-state index in [4.69, 9.17) is 11.6 Å². The van der Waals surface area contributed by atoms with Gasteiger partial charge in [-0.05, 0) is 43.7 Å². The third-order valence-electron chi connectivity index (χ3n) is 4.69. The van der Waals surface area contributed by atoms with E-state index >= 15 is 0 Å². The Morgan fingerprint density at radius 3 is 2.56 bits per heavy atom. The zero-order valence-electron chi connectivity index (χ0n) is 15.6. The van der Waals surface area contributed by atoms with Crippen molar-refractivity contribution in [3.05, 3.63) is 53.2 Å². The van der Waals surface area contributed by atoms with Crippen molar-refractivity contribution in [3.8, 4) is 0 Å². The van der Waals surface area contributed by atoms with E-state index in [2.05, 4.69) is 19.5 Å². The van der Waals surface area contributed by atoms with Gasteiger partial charge in [-0.2, -0.15) is 0 Å². The van der Waals surface area contributed by atoms with Crippen LogP contribution < -0.4 is 9.62 Å². The Labute approximate surface area is 166 Å². The van der Waals surface area contributed by atoms with Gasteiger partial charge in [0.25, 0.3) is 0 Å². The number of anilines is 1. The van der Waals surface area contributed by atoms with E-state index in [1.807, 2.05) is 32.0 Å². The summed E-state index contributed by atoms with van der Waals surface area (Å²) in [7, 11) is -3.58. The van der Waals surface area contributed by atoms with Crippen LogP contribution in [0.1, 0.15) is 12.5 Å². The summed E-state index contributed by atoms with van der Waals surface area (Å²) in [6, 6.07) is 10.5. The second-order valence-electron chi connectivity index (χ2n) is 6.91. The number of pyridine rings is 1. The fourth-order valence-electron chi connectivity index (χ4n) is 3.20. The number of hydrogen-bond acceptors (Lipinski definition) is 5. The maximum absolute atomic E-state index is 12.6. The molecule has 1 atom stereocenters. The van der Waals surface area contributed by atoms with Gasteiger partial charge in [0, 0.05) is 50.0 Å². The van der Waals surface area contributed by atoms with E-state index in [9.17, 15) is 8.42 Å². The Balaban J connectivity index is 1.53. The second-order valence-corrected chi connectivity index (χ2v) is 9.03. The molecule has 6 nitrogen and oxygen atoms in total. The van der Waals surface area contributed by atoms with Gasteiger partial charge in [-0.3, -0.25) is 4.90 Å². The standard InChI is InChI=1S/C19H25ClN4O2S/c1-15-6-7-17(13-18(15)20)27(25,26)22-16(2)14-23-9-11-24(12-10-23)19-5-3-4-8-21-19/h3-8,13,16,22H,9-12,14H2,1-2H3. The lowest BCUT2D eigenvalue weighted by molar-refractivity contribution is 0.241. The number of aryl methyl sites for hydroxylation is 1. The smallest absolute Gasteiger partial charge is 0.240 e. The Morgan fingerprint density at radius 1 is 1.19 bits per heavy atom. The van der Waals surface area contributed by atoms with Gasteiger partial charge in [-0.25, -0.2) is 18.1 Å². The van der Waals surface area contributed by atoms with Crippen molar-refractivity contribution in [2.75, 3.05) is 37.6 Å². The Kier molecular flexibility index (Phi) is 6.37. The molecule has 1 aromatic heterocycles. The molecule has 1 saturated heterocycles. The van der Waals surface area contributed by atoms with E-state index in [-0.39, 0.29) is 10.9 Å². The van der Waals surface area contributed by atoms with E-state index in [1.165, 1.54) is 6.07 Å². The summed E-state index contributed by atoms with van der Waals surface area (Å²) in [6.45, 7) is 7.90. The molecule has 27 heavy (non-hydrogen) atoms. The minimum absolute atomic E-state index is 0.198. The minimum atomic E-state index is -3.58. The topological polar surface area (TPSA) is 65.5 Å². The summed E-state index contributed by atoms with van der Waals surface area (Å²) in [6.07, 6.45) is 1.80. The van der Waals surface area contributed by atoms with Crippen LogP contribution in [-0.4, -0.2) is 57.1 Å². The van der Waals surface area contributed by atoms with Gasteiger partial charge in [0.05, 0.1) is 4.90 Å². The SMILES string of the molecule is Cc1ccc(S(=O)(=O)NC(C)CN2CCN(c3ccccn3)CC2)cc1Cl. The van der Waals surface area contributed by atoms with Crippen LogP contribution in [0.5, 0.6) is 0 Å². The highest BCUT2D eigenvalue weighted by molar-refractivity contribution is 7.89. The van der Waals surface area contributed by atoms with Gasteiger partial charge in [0.1, 0.15) is 5.82 Å². The summed E-state index contributed by atoms with van der Waals surface area (Å²) < 4.78 is 27.9. The number of sulfonamides is 1. The lowest BCUT2D eigenvalue weighted by Gasteiger charge is -2.36. The number of aromatic nitrogens is 1. The molecule has 2 aromatic rings. The van der Waals surface area contributed by atoms with Gasteiger partial charge in [0.2, 0.25) is 10.0 Å². The van der Waals surface area contributed by atoms with Crippen molar-refractivity contribution in [1.29, 1.82) is 0 Å². The summed E-state index contributed by atoms with van der Waals surface area (Å²) in [5.41, 5.74) is 0.856.